The maximum Gasteiger partial charge on any atom is 0.132 e. The van der Waals surface area contributed by atoms with E-state index in [1.165, 1.54) is 38.5 Å². The lowest BCUT2D eigenvalue weighted by molar-refractivity contribution is -0.122. The predicted molar refractivity (Wildman–Crippen MR) is 71.8 cm³/mol. The van der Waals surface area contributed by atoms with E-state index in [0.29, 0.717) is 11.7 Å². The van der Waals surface area contributed by atoms with Crippen molar-refractivity contribution in [2.45, 2.75) is 65.2 Å². The van der Waals surface area contributed by atoms with Gasteiger partial charge in [0.2, 0.25) is 0 Å². The molecule has 1 unspecified atom stereocenters. The van der Waals surface area contributed by atoms with Gasteiger partial charge in [-0.2, -0.15) is 0 Å². The van der Waals surface area contributed by atoms with Crippen LogP contribution >= 0.6 is 0 Å². The third kappa shape index (κ3) is 3.20. The minimum atomic E-state index is 0.386. The summed E-state index contributed by atoms with van der Waals surface area (Å²) in [6.07, 6.45) is 12.7. The quantitative estimate of drug-likeness (QED) is 0.656. The third-order valence-corrected chi connectivity index (χ3v) is 5.01. The Kier molecular flexibility index (Phi) is 4.42. The van der Waals surface area contributed by atoms with Gasteiger partial charge in [0, 0.05) is 5.92 Å². The van der Waals surface area contributed by atoms with Crippen LogP contribution in [-0.2, 0) is 4.79 Å². The Bertz CT molecular complexity index is 295. The zero-order valence-corrected chi connectivity index (χ0v) is 11.4. The molecule has 0 aromatic rings. The highest BCUT2D eigenvalue weighted by Gasteiger charge is 2.29. The molecule has 1 atom stereocenters. The second-order valence-electron chi connectivity index (χ2n) is 5.97. The van der Waals surface area contributed by atoms with Gasteiger partial charge in [-0.25, -0.2) is 0 Å². The lowest BCUT2D eigenvalue weighted by Crippen LogP contribution is -2.25. The molecule has 2 rings (SSSR count). The van der Waals surface area contributed by atoms with E-state index < -0.39 is 0 Å². The molecule has 0 amide bonds. The van der Waals surface area contributed by atoms with E-state index in [-0.39, 0.29) is 0 Å². The molecule has 1 saturated carbocycles. The molecule has 2 aliphatic rings. The Morgan fingerprint density at radius 3 is 2.35 bits per heavy atom. The molecule has 1 fully saturated rings. The normalized spacial score (nSPS) is 34.2. The fourth-order valence-electron chi connectivity index (χ4n) is 3.66. The zero-order valence-electron chi connectivity index (χ0n) is 11.4. The number of carbonyl (C=O) groups excluding carboxylic acids is 1. The summed E-state index contributed by atoms with van der Waals surface area (Å²) < 4.78 is 0. The number of carbonyl (C=O) groups is 1. The topological polar surface area (TPSA) is 17.1 Å². The standard InChI is InChI=1S/C16H26O/c1-3-13-4-6-15(7-5-13)16-10-8-14(9-11-16)12(2)17/h4,14-16H,3,5-11H2,1-2H3. The average Bonchev–Trinajstić information content (AvgIpc) is 2.39. The van der Waals surface area contributed by atoms with Crippen LogP contribution in [0.25, 0.3) is 0 Å². The summed E-state index contributed by atoms with van der Waals surface area (Å²) >= 11 is 0. The van der Waals surface area contributed by atoms with Crippen LogP contribution in [-0.4, -0.2) is 5.78 Å². The van der Waals surface area contributed by atoms with Crippen LogP contribution in [0.1, 0.15) is 65.2 Å². The average molecular weight is 234 g/mol. The molecule has 0 heterocycles. The van der Waals surface area contributed by atoms with Crippen molar-refractivity contribution in [1.82, 2.24) is 0 Å². The van der Waals surface area contributed by atoms with Gasteiger partial charge in [0.15, 0.2) is 0 Å². The summed E-state index contributed by atoms with van der Waals surface area (Å²) in [7, 11) is 0. The van der Waals surface area contributed by atoms with Crippen LogP contribution in [0, 0.1) is 17.8 Å². The monoisotopic (exact) mass is 234 g/mol. The SMILES string of the molecule is CCC1=CCC(C2CCC(C(C)=O)CC2)CC1. The molecule has 0 spiro atoms. The van der Waals surface area contributed by atoms with Gasteiger partial charge in [0.1, 0.15) is 5.78 Å². The van der Waals surface area contributed by atoms with E-state index in [1.54, 1.807) is 12.5 Å². The fraction of sp³-hybridized carbons (Fsp3) is 0.812. The van der Waals surface area contributed by atoms with Crippen molar-refractivity contribution in [3.8, 4) is 0 Å². The highest BCUT2D eigenvalue weighted by molar-refractivity contribution is 5.78. The van der Waals surface area contributed by atoms with Crippen LogP contribution in [0.2, 0.25) is 0 Å². The molecule has 0 aliphatic heterocycles. The Hall–Kier alpha value is -0.590. The molecule has 0 bridgehead atoms. The Labute approximate surface area is 106 Å². The first kappa shape index (κ1) is 12.9. The zero-order chi connectivity index (χ0) is 12.3. The second-order valence-corrected chi connectivity index (χ2v) is 5.97. The molecule has 96 valence electrons. The van der Waals surface area contributed by atoms with Gasteiger partial charge >= 0.3 is 0 Å². The van der Waals surface area contributed by atoms with E-state index in [4.69, 9.17) is 0 Å². The van der Waals surface area contributed by atoms with Crippen LogP contribution in [0.4, 0.5) is 0 Å². The summed E-state index contributed by atoms with van der Waals surface area (Å²) in [5.74, 6) is 2.62. The predicted octanol–water partition coefficient (Wildman–Crippen LogP) is 4.52. The van der Waals surface area contributed by atoms with E-state index in [1.807, 2.05) is 0 Å². The highest BCUT2D eigenvalue weighted by Crippen LogP contribution is 2.39. The summed E-state index contributed by atoms with van der Waals surface area (Å²) in [6.45, 7) is 4.03. The molecule has 0 aromatic heterocycles. The van der Waals surface area contributed by atoms with Crippen LogP contribution in [0.15, 0.2) is 11.6 Å². The van der Waals surface area contributed by atoms with Crippen molar-refractivity contribution in [1.29, 1.82) is 0 Å². The molecule has 1 nitrogen and oxygen atoms in total. The molecule has 17 heavy (non-hydrogen) atoms. The first-order chi connectivity index (χ1) is 8.20. The Morgan fingerprint density at radius 1 is 1.18 bits per heavy atom. The number of hydrogen-bond donors (Lipinski definition) is 0. The molecule has 0 N–H and O–H groups in total. The maximum atomic E-state index is 11.4. The van der Waals surface area contributed by atoms with Crippen LogP contribution in [0.3, 0.4) is 0 Å². The minimum absolute atomic E-state index is 0.386. The molecule has 2 aliphatic carbocycles. The molecule has 0 saturated heterocycles. The summed E-state index contributed by atoms with van der Waals surface area (Å²) in [4.78, 5) is 11.4. The molecule has 0 radical (unpaired) electrons. The van der Waals surface area contributed by atoms with Gasteiger partial charge in [-0.1, -0.05) is 18.6 Å². The molecular formula is C16H26O. The van der Waals surface area contributed by atoms with Crippen LogP contribution < -0.4 is 0 Å². The van der Waals surface area contributed by atoms with Crippen molar-refractivity contribution >= 4 is 5.78 Å². The molecule has 1 heteroatoms. The van der Waals surface area contributed by atoms with Gasteiger partial charge < -0.3 is 0 Å². The minimum Gasteiger partial charge on any atom is -0.300 e. The van der Waals surface area contributed by atoms with E-state index in [2.05, 4.69) is 13.0 Å². The van der Waals surface area contributed by atoms with Gasteiger partial charge in [0.25, 0.3) is 0 Å². The fourth-order valence-corrected chi connectivity index (χ4v) is 3.66. The largest absolute Gasteiger partial charge is 0.300 e. The van der Waals surface area contributed by atoms with E-state index >= 15 is 0 Å². The first-order valence-corrected chi connectivity index (χ1v) is 7.39. The Morgan fingerprint density at radius 2 is 1.88 bits per heavy atom. The van der Waals surface area contributed by atoms with Crippen molar-refractivity contribution in [2.75, 3.05) is 0 Å². The third-order valence-electron chi connectivity index (χ3n) is 5.01. The first-order valence-electron chi connectivity index (χ1n) is 7.39. The summed E-state index contributed by atoms with van der Waals surface area (Å²) in [5.41, 5.74) is 1.67. The van der Waals surface area contributed by atoms with Crippen molar-refractivity contribution in [3.63, 3.8) is 0 Å². The van der Waals surface area contributed by atoms with Crippen molar-refractivity contribution in [3.05, 3.63) is 11.6 Å². The van der Waals surface area contributed by atoms with Gasteiger partial charge in [-0.05, 0) is 70.1 Å². The van der Waals surface area contributed by atoms with Gasteiger partial charge in [-0.15, -0.1) is 0 Å². The van der Waals surface area contributed by atoms with Crippen molar-refractivity contribution in [2.24, 2.45) is 17.8 Å². The van der Waals surface area contributed by atoms with Gasteiger partial charge in [-0.3, -0.25) is 4.79 Å². The lowest BCUT2D eigenvalue weighted by Gasteiger charge is -2.34. The second kappa shape index (κ2) is 5.84. The maximum absolute atomic E-state index is 11.4. The van der Waals surface area contributed by atoms with E-state index in [0.717, 1.165) is 24.7 Å². The van der Waals surface area contributed by atoms with Crippen LogP contribution in [0.5, 0.6) is 0 Å². The Balaban J connectivity index is 1.82. The molecule has 0 aromatic carbocycles. The highest BCUT2D eigenvalue weighted by atomic mass is 16.1. The number of allylic oxidation sites excluding steroid dienone is 2. The number of rotatable bonds is 3. The van der Waals surface area contributed by atoms with Crippen molar-refractivity contribution < 1.29 is 4.79 Å². The number of hydrogen-bond acceptors (Lipinski definition) is 1. The summed E-state index contributed by atoms with van der Waals surface area (Å²) in [6, 6.07) is 0. The lowest BCUT2D eigenvalue weighted by atomic mass is 9.71. The van der Waals surface area contributed by atoms with E-state index in [9.17, 15) is 4.79 Å². The summed E-state index contributed by atoms with van der Waals surface area (Å²) in [5, 5.41) is 0. The number of ketones is 1. The molecular weight excluding hydrogens is 208 g/mol. The number of Topliss-reactive ketones (excluding diaryl/α,β-unsaturated/α-hetero) is 1. The smallest absolute Gasteiger partial charge is 0.132 e. The van der Waals surface area contributed by atoms with Gasteiger partial charge in [0.05, 0.1) is 0 Å².